The average Bonchev–Trinajstić information content (AvgIpc) is 2.84. The maximum absolute atomic E-state index is 13.6. The number of rotatable bonds is 5. The van der Waals surface area contributed by atoms with Crippen molar-refractivity contribution in [1.29, 1.82) is 0 Å². The second-order valence-corrected chi connectivity index (χ2v) is 4.20. The Kier molecular flexibility index (Phi) is 3.97. The molecule has 106 valence electrons. The summed E-state index contributed by atoms with van der Waals surface area (Å²) in [5.74, 6) is -2.70. The minimum absolute atomic E-state index is 0.0176. The molecule has 0 fully saturated rings. The summed E-state index contributed by atoms with van der Waals surface area (Å²) >= 11 is 0. The van der Waals surface area contributed by atoms with Crippen molar-refractivity contribution >= 4 is 11.6 Å². The van der Waals surface area contributed by atoms with Crippen LogP contribution in [0.4, 0.5) is 14.5 Å². The summed E-state index contributed by atoms with van der Waals surface area (Å²) in [7, 11) is 0. The van der Waals surface area contributed by atoms with Crippen LogP contribution in [-0.2, 0) is 13.1 Å². The predicted molar refractivity (Wildman–Crippen MR) is 70.1 cm³/mol. The lowest BCUT2D eigenvalue weighted by atomic mass is 10.1. The highest BCUT2D eigenvalue weighted by Crippen LogP contribution is 2.20. The van der Waals surface area contributed by atoms with Crippen molar-refractivity contribution in [3.05, 3.63) is 47.5 Å². The predicted octanol–water partition coefficient (Wildman–Crippen LogP) is 1.89. The lowest BCUT2D eigenvalue weighted by molar-refractivity contribution is 0.0996. The number of hydrogen-bond acceptors (Lipinski definition) is 3. The van der Waals surface area contributed by atoms with Crippen molar-refractivity contribution in [2.24, 2.45) is 5.73 Å². The number of aryl methyl sites for hydroxylation is 1. The van der Waals surface area contributed by atoms with E-state index in [0.29, 0.717) is 12.6 Å². The van der Waals surface area contributed by atoms with Crippen LogP contribution in [0.5, 0.6) is 0 Å². The fourth-order valence-electron chi connectivity index (χ4n) is 1.84. The first-order valence-corrected chi connectivity index (χ1v) is 6.04. The van der Waals surface area contributed by atoms with Gasteiger partial charge in [-0.15, -0.1) is 0 Å². The molecule has 1 aromatic carbocycles. The molecular weight excluding hydrogens is 266 g/mol. The number of amides is 1. The van der Waals surface area contributed by atoms with Gasteiger partial charge in [0.2, 0.25) is 0 Å². The molecule has 1 amide bonds. The fraction of sp³-hybridized carbons (Fsp3) is 0.231. The maximum Gasteiger partial charge on any atom is 0.251 e. The Hall–Kier alpha value is -2.44. The standard InChI is InChI=1S/C13H14F2N4O/c1-2-19-7-17-5-8(19)6-18-12-3-9(13(16)20)10(14)4-11(12)15/h3-5,7,18H,2,6H2,1H3,(H2,16,20). The SMILES string of the molecule is CCn1cncc1CNc1cc(C(N)=O)c(F)cc1F. The first kappa shape index (κ1) is 14.0. The number of primary amides is 1. The average molecular weight is 280 g/mol. The Morgan fingerprint density at radius 2 is 2.15 bits per heavy atom. The van der Waals surface area contributed by atoms with Gasteiger partial charge in [0.05, 0.1) is 29.8 Å². The van der Waals surface area contributed by atoms with E-state index < -0.39 is 17.5 Å². The second-order valence-electron chi connectivity index (χ2n) is 4.20. The van der Waals surface area contributed by atoms with E-state index in [1.165, 1.54) is 0 Å². The number of halogens is 2. The number of anilines is 1. The van der Waals surface area contributed by atoms with Crippen molar-refractivity contribution < 1.29 is 13.6 Å². The molecule has 7 heteroatoms. The van der Waals surface area contributed by atoms with Crippen LogP contribution in [0.25, 0.3) is 0 Å². The molecular formula is C13H14F2N4O. The molecule has 5 nitrogen and oxygen atoms in total. The van der Waals surface area contributed by atoms with E-state index in [0.717, 1.165) is 18.3 Å². The Bertz CT molecular complexity index is 639. The van der Waals surface area contributed by atoms with Gasteiger partial charge in [-0.3, -0.25) is 4.79 Å². The van der Waals surface area contributed by atoms with Crippen LogP contribution in [0.2, 0.25) is 0 Å². The topological polar surface area (TPSA) is 72.9 Å². The van der Waals surface area contributed by atoms with E-state index in [2.05, 4.69) is 10.3 Å². The Labute approximate surface area is 114 Å². The largest absolute Gasteiger partial charge is 0.377 e. The molecule has 0 aliphatic heterocycles. The van der Waals surface area contributed by atoms with E-state index in [4.69, 9.17) is 5.73 Å². The molecule has 20 heavy (non-hydrogen) atoms. The van der Waals surface area contributed by atoms with Crippen molar-refractivity contribution in [2.45, 2.75) is 20.0 Å². The molecule has 1 heterocycles. The number of aromatic nitrogens is 2. The fourth-order valence-corrected chi connectivity index (χ4v) is 1.84. The van der Waals surface area contributed by atoms with E-state index in [1.54, 1.807) is 12.5 Å². The minimum atomic E-state index is -0.973. The van der Waals surface area contributed by atoms with Gasteiger partial charge in [0.15, 0.2) is 0 Å². The zero-order chi connectivity index (χ0) is 14.7. The van der Waals surface area contributed by atoms with Crippen LogP contribution in [0, 0.1) is 11.6 Å². The number of nitrogens with two attached hydrogens (primary N) is 1. The van der Waals surface area contributed by atoms with Gasteiger partial charge >= 0.3 is 0 Å². The van der Waals surface area contributed by atoms with E-state index in [9.17, 15) is 13.6 Å². The number of carbonyl (C=O) groups excluding carboxylic acids is 1. The number of hydrogen-bond donors (Lipinski definition) is 2. The van der Waals surface area contributed by atoms with Crippen LogP contribution in [0.15, 0.2) is 24.7 Å². The van der Waals surface area contributed by atoms with Gasteiger partial charge in [-0.1, -0.05) is 0 Å². The molecule has 0 atom stereocenters. The summed E-state index contributed by atoms with van der Waals surface area (Å²) in [4.78, 5) is 15.0. The highest BCUT2D eigenvalue weighted by atomic mass is 19.1. The molecule has 0 bridgehead atoms. The van der Waals surface area contributed by atoms with Crippen LogP contribution in [-0.4, -0.2) is 15.5 Å². The zero-order valence-corrected chi connectivity index (χ0v) is 10.9. The second kappa shape index (κ2) is 5.68. The Morgan fingerprint density at radius 3 is 2.80 bits per heavy atom. The van der Waals surface area contributed by atoms with Crippen molar-refractivity contribution in [3.63, 3.8) is 0 Å². The van der Waals surface area contributed by atoms with E-state index in [-0.39, 0.29) is 11.3 Å². The third-order valence-corrected chi connectivity index (χ3v) is 2.92. The summed E-state index contributed by atoms with van der Waals surface area (Å²) < 4.78 is 28.8. The highest BCUT2D eigenvalue weighted by molar-refractivity contribution is 5.94. The molecule has 0 spiro atoms. The molecule has 0 aliphatic rings. The first-order valence-electron chi connectivity index (χ1n) is 6.04. The van der Waals surface area contributed by atoms with Gasteiger partial charge in [-0.25, -0.2) is 13.8 Å². The molecule has 2 aromatic rings. The third-order valence-electron chi connectivity index (χ3n) is 2.92. The smallest absolute Gasteiger partial charge is 0.251 e. The quantitative estimate of drug-likeness (QED) is 0.878. The summed E-state index contributed by atoms with van der Waals surface area (Å²) in [5.41, 5.74) is 5.54. The number of imidazole rings is 1. The van der Waals surface area contributed by atoms with Crippen LogP contribution in [0.1, 0.15) is 23.0 Å². The van der Waals surface area contributed by atoms with Gasteiger partial charge in [0.1, 0.15) is 11.6 Å². The molecule has 3 N–H and O–H groups in total. The van der Waals surface area contributed by atoms with Gasteiger partial charge in [-0.05, 0) is 13.0 Å². The molecule has 0 saturated heterocycles. The lowest BCUT2D eigenvalue weighted by Gasteiger charge is -2.10. The normalized spacial score (nSPS) is 10.6. The van der Waals surface area contributed by atoms with Crippen molar-refractivity contribution in [2.75, 3.05) is 5.32 Å². The van der Waals surface area contributed by atoms with Crippen molar-refractivity contribution in [3.8, 4) is 0 Å². The van der Waals surface area contributed by atoms with Gasteiger partial charge in [0, 0.05) is 18.8 Å². The summed E-state index contributed by atoms with van der Waals surface area (Å²) in [6.45, 7) is 2.99. The van der Waals surface area contributed by atoms with Gasteiger partial charge in [-0.2, -0.15) is 0 Å². The number of nitrogens with zero attached hydrogens (tertiary/aromatic N) is 2. The number of benzene rings is 1. The first-order chi connectivity index (χ1) is 9.52. The molecule has 0 radical (unpaired) electrons. The minimum Gasteiger partial charge on any atom is -0.377 e. The number of carbonyl (C=O) groups is 1. The third kappa shape index (κ3) is 2.76. The summed E-state index contributed by atoms with van der Waals surface area (Å²) in [6, 6.07) is 1.71. The molecule has 0 unspecified atom stereocenters. The Morgan fingerprint density at radius 1 is 1.40 bits per heavy atom. The van der Waals surface area contributed by atoms with Gasteiger partial charge < -0.3 is 15.6 Å². The Balaban J connectivity index is 2.21. The number of nitrogens with one attached hydrogen (secondary N) is 1. The maximum atomic E-state index is 13.6. The van der Waals surface area contributed by atoms with Crippen LogP contribution < -0.4 is 11.1 Å². The molecule has 2 rings (SSSR count). The summed E-state index contributed by atoms with van der Waals surface area (Å²) in [6.07, 6.45) is 3.31. The molecule has 0 aliphatic carbocycles. The van der Waals surface area contributed by atoms with Crippen LogP contribution >= 0.6 is 0 Å². The lowest BCUT2D eigenvalue weighted by Crippen LogP contribution is -2.15. The van der Waals surface area contributed by atoms with E-state index >= 15 is 0 Å². The van der Waals surface area contributed by atoms with Crippen LogP contribution in [0.3, 0.4) is 0 Å². The monoisotopic (exact) mass is 280 g/mol. The zero-order valence-electron chi connectivity index (χ0n) is 10.9. The van der Waals surface area contributed by atoms with Gasteiger partial charge in [0.25, 0.3) is 5.91 Å². The summed E-state index contributed by atoms with van der Waals surface area (Å²) in [5, 5.41) is 2.80. The molecule has 0 saturated carbocycles. The highest BCUT2D eigenvalue weighted by Gasteiger charge is 2.14. The van der Waals surface area contributed by atoms with Crippen molar-refractivity contribution in [1.82, 2.24) is 9.55 Å². The molecule has 1 aromatic heterocycles. The van der Waals surface area contributed by atoms with E-state index in [1.807, 2.05) is 11.5 Å².